The number of rotatable bonds is 3. The Kier molecular flexibility index (Phi) is 3.26. The molecule has 4 heteroatoms. The van der Waals surface area contributed by atoms with Crippen LogP contribution in [0.4, 0.5) is 4.39 Å². The van der Waals surface area contributed by atoms with Crippen LogP contribution in [0.25, 0.3) is 10.6 Å². The smallest absolute Gasteiger partial charge is 0.123 e. The first kappa shape index (κ1) is 12.2. The summed E-state index contributed by atoms with van der Waals surface area (Å²) in [5.74, 6) is -0.228. The minimum atomic E-state index is -0.256. The number of halogens is 1. The van der Waals surface area contributed by atoms with Gasteiger partial charge in [0.1, 0.15) is 10.8 Å². The molecule has 0 aliphatic heterocycles. The van der Waals surface area contributed by atoms with Crippen LogP contribution in [-0.2, 0) is 6.42 Å². The Morgan fingerprint density at radius 1 is 1.29 bits per heavy atom. The number of nitrogens with zero attached hydrogens (tertiary/aromatic N) is 1. The highest BCUT2D eigenvalue weighted by Crippen LogP contribution is 2.25. The number of thiazole rings is 1. The standard InChI is InChI=1S/C13H15FN2S/c1-13(2,15)7-11-8-17-12(16-11)9-3-5-10(14)6-4-9/h3-6,8H,7,15H2,1-2H3. The molecule has 2 rings (SSSR count). The quantitative estimate of drug-likeness (QED) is 0.908. The number of hydrogen-bond donors (Lipinski definition) is 1. The van der Waals surface area contributed by atoms with E-state index in [-0.39, 0.29) is 11.4 Å². The second-order valence-corrected chi connectivity index (χ2v) is 5.67. The first-order valence-corrected chi connectivity index (χ1v) is 6.31. The average molecular weight is 250 g/mol. The Hall–Kier alpha value is -1.26. The zero-order valence-corrected chi connectivity index (χ0v) is 10.7. The summed E-state index contributed by atoms with van der Waals surface area (Å²) in [7, 11) is 0. The summed E-state index contributed by atoms with van der Waals surface area (Å²) in [5.41, 5.74) is 7.62. The molecule has 0 radical (unpaired) electrons. The highest BCUT2D eigenvalue weighted by Gasteiger charge is 2.14. The lowest BCUT2D eigenvalue weighted by molar-refractivity contribution is 0.511. The highest BCUT2D eigenvalue weighted by molar-refractivity contribution is 7.13. The third-order valence-corrected chi connectivity index (χ3v) is 3.22. The van der Waals surface area contributed by atoms with E-state index in [1.165, 1.54) is 12.1 Å². The van der Waals surface area contributed by atoms with Gasteiger partial charge in [-0.25, -0.2) is 9.37 Å². The van der Waals surface area contributed by atoms with E-state index in [1.54, 1.807) is 23.5 Å². The van der Waals surface area contributed by atoms with E-state index in [0.717, 1.165) is 22.7 Å². The second-order valence-electron chi connectivity index (χ2n) is 4.82. The van der Waals surface area contributed by atoms with Crippen LogP contribution >= 0.6 is 11.3 Å². The van der Waals surface area contributed by atoms with Gasteiger partial charge in [-0.2, -0.15) is 0 Å². The van der Waals surface area contributed by atoms with Gasteiger partial charge in [0.25, 0.3) is 0 Å². The molecule has 0 atom stereocenters. The molecule has 90 valence electrons. The van der Waals surface area contributed by atoms with Gasteiger partial charge in [-0.3, -0.25) is 0 Å². The van der Waals surface area contributed by atoms with Gasteiger partial charge in [0, 0.05) is 22.9 Å². The molecule has 17 heavy (non-hydrogen) atoms. The van der Waals surface area contributed by atoms with Crippen LogP contribution in [0.3, 0.4) is 0 Å². The van der Waals surface area contributed by atoms with Gasteiger partial charge < -0.3 is 5.73 Å². The highest BCUT2D eigenvalue weighted by atomic mass is 32.1. The fourth-order valence-corrected chi connectivity index (χ4v) is 2.41. The maximum absolute atomic E-state index is 12.8. The van der Waals surface area contributed by atoms with Crippen molar-refractivity contribution in [3.8, 4) is 10.6 Å². The first-order chi connectivity index (χ1) is 7.94. The zero-order chi connectivity index (χ0) is 12.5. The van der Waals surface area contributed by atoms with E-state index in [0.29, 0.717) is 0 Å². The first-order valence-electron chi connectivity index (χ1n) is 5.43. The van der Waals surface area contributed by atoms with Gasteiger partial charge in [0.15, 0.2) is 0 Å². The van der Waals surface area contributed by atoms with Crippen LogP contribution in [0, 0.1) is 5.82 Å². The van der Waals surface area contributed by atoms with Crippen molar-refractivity contribution in [1.29, 1.82) is 0 Å². The predicted molar refractivity (Wildman–Crippen MR) is 69.5 cm³/mol. The third-order valence-electron chi connectivity index (χ3n) is 2.28. The number of benzene rings is 1. The van der Waals surface area contributed by atoms with E-state index >= 15 is 0 Å². The topological polar surface area (TPSA) is 38.9 Å². The summed E-state index contributed by atoms with van der Waals surface area (Å²) in [6.45, 7) is 3.95. The van der Waals surface area contributed by atoms with Crippen molar-refractivity contribution in [2.75, 3.05) is 0 Å². The minimum Gasteiger partial charge on any atom is -0.325 e. The average Bonchev–Trinajstić information content (AvgIpc) is 2.64. The lowest BCUT2D eigenvalue weighted by Crippen LogP contribution is -2.34. The van der Waals surface area contributed by atoms with Crippen molar-refractivity contribution in [3.63, 3.8) is 0 Å². The van der Waals surface area contributed by atoms with Gasteiger partial charge in [0.2, 0.25) is 0 Å². The largest absolute Gasteiger partial charge is 0.325 e. The molecular formula is C13H15FN2S. The normalized spacial score (nSPS) is 11.8. The van der Waals surface area contributed by atoms with Crippen molar-refractivity contribution in [1.82, 2.24) is 4.98 Å². The lowest BCUT2D eigenvalue weighted by atomic mass is 10.0. The van der Waals surface area contributed by atoms with Crippen molar-refractivity contribution >= 4 is 11.3 Å². The van der Waals surface area contributed by atoms with Crippen molar-refractivity contribution in [3.05, 3.63) is 41.2 Å². The molecule has 0 saturated heterocycles. The van der Waals surface area contributed by atoms with Gasteiger partial charge in [-0.05, 0) is 38.1 Å². The Morgan fingerprint density at radius 3 is 2.53 bits per heavy atom. The third kappa shape index (κ3) is 3.35. The summed E-state index contributed by atoms with van der Waals surface area (Å²) in [5, 5.41) is 2.91. The van der Waals surface area contributed by atoms with E-state index in [4.69, 9.17) is 5.73 Å². The molecule has 0 bridgehead atoms. The predicted octanol–water partition coefficient (Wildman–Crippen LogP) is 3.23. The summed E-state index contributed by atoms with van der Waals surface area (Å²) >= 11 is 1.56. The number of hydrogen-bond acceptors (Lipinski definition) is 3. The van der Waals surface area contributed by atoms with Crippen LogP contribution < -0.4 is 5.73 Å². The monoisotopic (exact) mass is 250 g/mol. The van der Waals surface area contributed by atoms with Gasteiger partial charge in [-0.1, -0.05) is 0 Å². The summed E-state index contributed by atoms with van der Waals surface area (Å²) in [6, 6.07) is 6.38. The maximum Gasteiger partial charge on any atom is 0.123 e. The van der Waals surface area contributed by atoms with Crippen molar-refractivity contribution < 1.29 is 4.39 Å². The Balaban J connectivity index is 2.21. The Morgan fingerprint density at radius 2 is 1.94 bits per heavy atom. The summed E-state index contributed by atoms with van der Waals surface area (Å²) in [4.78, 5) is 4.51. The fourth-order valence-electron chi connectivity index (χ4n) is 1.58. The Labute approximate surface area is 104 Å². The molecule has 0 saturated carbocycles. The summed E-state index contributed by atoms with van der Waals surface area (Å²) in [6.07, 6.45) is 0.741. The van der Waals surface area contributed by atoms with Crippen molar-refractivity contribution in [2.24, 2.45) is 5.73 Å². The molecular weight excluding hydrogens is 235 g/mol. The summed E-state index contributed by atoms with van der Waals surface area (Å²) < 4.78 is 12.8. The SMILES string of the molecule is CC(C)(N)Cc1csc(-c2ccc(F)cc2)n1. The maximum atomic E-state index is 12.8. The molecule has 0 amide bonds. The van der Waals surface area contributed by atoms with Crippen LogP contribution in [0.1, 0.15) is 19.5 Å². The van der Waals surface area contributed by atoms with Crippen LogP contribution in [0.15, 0.2) is 29.6 Å². The molecule has 0 unspecified atom stereocenters. The number of aromatic nitrogens is 1. The lowest BCUT2D eigenvalue weighted by Gasteiger charge is -2.16. The molecule has 2 aromatic rings. The van der Waals surface area contributed by atoms with Crippen molar-refractivity contribution in [2.45, 2.75) is 25.8 Å². The van der Waals surface area contributed by atoms with Gasteiger partial charge in [-0.15, -0.1) is 11.3 Å². The van der Waals surface area contributed by atoms with E-state index in [9.17, 15) is 4.39 Å². The van der Waals surface area contributed by atoms with Gasteiger partial charge >= 0.3 is 0 Å². The van der Waals surface area contributed by atoms with E-state index < -0.39 is 0 Å². The second kappa shape index (κ2) is 4.55. The molecule has 1 aromatic heterocycles. The van der Waals surface area contributed by atoms with Crippen LogP contribution in [0.5, 0.6) is 0 Å². The zero-order valence-electron chi connectivity index (χ0n) is 9.90. The van der Waals surface area contributed by atoms with Crippen LogP contribution in [-0.4, -0.2) is 10.5 Å². The number of nitrogens with two attached hydrogens (primary N) is 1. The molecule has 1 heterocycles. The Bertz CT molecular complexity index is 497. The fraction of sp³-hybridized carbons (Fsp3) is 0.308. The van der Waals surface area contributed by atoms with Gasteiger partial charge in [0.05, 0.1) is 5.69 Å². The molecule has 2 N–H and O–H groups in total. The molecule has 0 aliphatic rings. The molecule has 0 fully saturated rings. The molecule has 0 spiro atoms. The molecule has 2 nitrogen and oxygen atoms in total. The molecule has 1 aromatic carbocycles. The van der Waals surface area contributed by atoms with Crippen LogP contribution in [0.2, 0.25) is 0 Å². The molecule has 0 aliphatic carbocycles. The minimum absolute atomic E-state index is 0.228. The van der Waals surface area contributed by atoms with E-state index in [2.05, 4.69) is 4.98 Å². The van der Waals surface area contributed by atoms with E-state index in [1.807, 2.05) is 19.2 Å².